The Morgan fingerprint density at radius 2 is 2.18 bits per heavy atom. The monoisotopic (exact) mass is 320 g/mol. The van der Waals surface area contributed by atoms with Crippen molar-refractivity contribution in [1.82, 2.24) is 9.29 Å². The normalized spacial score (nSPS) is 20.4. The number of rotatable bonds is 3. The number of aliphatic hydroxyl groups is 1. The molecule has 0 bridgehead atoms. The molecule has 2 heterocycles. The fraction of sp³-hybridized carbons (Fsp3) is 0.438. The summed E-state index contributed by atoms with van der Waals surface area (Å²) in [6.45, 7) is 2.85. The summed E-state index contributed by atoms with van der Waals surface area (Å²) in [5.41, 5.74) is 1.68. The van der Waals surface area contributed by atoms with Crippen molar-refractivity contribution in [2.75, 3.05) is 19.7 Å². The molecule has 22 heavy (non-hydrogen) atoms. The smallest absolute Gasteiger partial charge is 0.243 e. The van der Waals surface area contributed by atoms with Crippen LogP contribution in [0.4, 0.5) is 0 Å². The van der Waals surface area contributed by atoms with Gasteiger partial charge >= 0.3 is 0 Å². The van der Waals surface area contributed by atoms with Crippen molar-refractivity contribution in [2.24, 2.45) is 5.92 Å². The molecule has 0 spiro atoms. The van der Waals surface area contributed by atoms with E-state index < -0.39 is 10.0 Å². The molecule has 1 saturated heterocycles. The number of fused-ring (bicyclic) bond motifs is 1. The molecule has 1 atom stereocenters. The molecule has 1 aromatic carbocycles. The lowest BCUT2D eigenvalue weighted by Gasteiger charge is -2.31. The number of sulfonamides is 1. The highest BCUT2D eigenvalue weighted by Gasteiger charge is 2.31. The van der Waals surface area contributed by atoms with Gasteiger partial charge in [-0.1, -0.05) is 6.07 Å². The SMILES string of the molecule is Cc1ccc(S(=O)(=O)N2CCCC(CO)C2)c2cccnc12. The second-order valence-corrected chi connectivity index (χ2v) is 7.74. The lowest BCUT2D eigenvalue weighted by Crippen LogP contribution is -2.40. The maximum Gasteiger partial charge on any atom is 0.243 e. The summed E-state index contributed by atoms with van der Waals surface area (Å²) in [6.07, 6.45) is 3.33. The average molecular weight is 320 g/mol. The van der Waals surface area contributed by atoms with Crippen molar-refractivity contribution in [3.05, 3.63) is 36.0 Å². The van der Waals surface area contributed by atoms with Crippen LogP contribution in [0, 0.1) is 12.8 Å². The molecule has 0 amide bonds. The van der Waals surface area contributed by atoms with E-state index in [4.69, 9.17) is 0 Å². The van der Waals surface area contributed by atoms with Gasteiger partial charge in [0.25, 0.3) is 0 Å². The minimum Gasteiger partial charge on any atom is -0.396 e. The molecule has 3 rings (SSSR count). The first-order valence-electron chi connectivity index (χ1n) is 7.49. The molecule has 1 fully saturated rings. The standard InChI is InChI=1S/C16H20N2O3S/c1-12-6-7-15(14-5-2-8-17-16(12)14)22(20,21)18-9-3-4-13(10-18)11-19/h2,5-8,13,19H,3-4,9-11H2,1H3. The summed E-state index contributed by atoms with van der Waals surface area (Å²) < 4.78 is 27.5. The van der Waals surface area contributed by atoms with Gasteiger partial charge in [-0.3, -0.25) is 4.98 Å². The summed E-state index contributed by atoms with van der Waals surface area (Å²) in [6, 6.07) is 7.02. The minimum atomic E-state index is -3.57. The van der Waals surface area contributed by atoms with Gasteiger partial charge in [0.05, 0.1) is 10.4 Å². The Morgan fingerprint density at radius 3 is 2.95 bits per heavy atom. The van der Waals surface area contributed by atoms with Crippen LogP contribution in [-0.4, -0.2) is 42.5 Å². The molecule has 1 aliphatic heterocycles. The number of aryl methyl sites for hydroxylation is 1. The summed E-state index contributed by atoms with van der Waals surface area (Å²) in [5, 5.41) is 9.98. The van der Waals surface area contributed by atoms with Gasteiger partial charge in [-0.25, -0.2) is 8.42 Å². The second kappa shape index (κ2) is 5.95. The Kier molecular flexibility index (Phi) is 4.16. The van der Waals surface area contributed by atoms with Gasteiger partial charge in [-0.05, 0) is 49.4 Å². The number of hydrogen-bond acceptors (Lipinski definition) is 4. The third-order valence-corrected chi connectivity index (χ3v) is 6.21. The van der Waals surface area contributed by atoms with Gasteiger partial charge in [0.15, 0.2) is 0 Å². The lowest BCUT2D eigenvalue weighted by molar-refractivity contribution is 0.165. The summed E-state index contributed by atoms with van der Waals surface area (Å²) >= 11 is 0. The first-order chi connectivity index (χ1) is 10.5. The van der Waals surface area contributed by atoms with Gasteiger partial charge in [-0.2, -0.15) is 4.31 Å². The van der Waals surface area contributed by atoms with Crippen LogP contribution in [-0.2, 0) is 10.0 Å². The van der Waals surface area contributed by atoms with E-state index in [0.29, 0.717) is 23.4 Å². The maximum absolute atomic E-state index is 13.0. The number of aliphatic hydroxyl groups excluding tert-OH is 1. The number of nitrogens with zero attached hydrogens (tertiary/aromatic N) is 2. The predicted octanol–water partition coefficient (Wildman–Crippen LogP) is 1.94. The Hall–Kier alpha value is -1.50. The first-order valence-corrected chi connectivity index (χ1v) is 8.93. The number of benzene rings is 1. The highest BCUT2D eigenvalue weighted by molar-refractivity contribution is 7.89. The van der Waals surface area contributed by atoms with Crippen LogP contribution in [0.1, 0.15) is 18.4 Å². The zero-order chi connectivity index (χ0) is 15.7. The Balaban J connectivity index is 2.08. The summed E-state index contributed by atoms with van der Waals surface area (Å²) in [7, 11) is -3.57. The van der Waals surface area contributed by atoms with E-state index in [1.54, 1.807) is 30.5 Å². The van der Waals surface area contributed by atoms with E-state index in [1.807, 2.05) is 6.92 Å². The average Bonchev–Trinajstić information content (AvgIpc) is 2.55. The van der Waals surface area contributed by atoms with Gasteiger partial charge in [0, 0.05) is 31.3 Å². The molecule has 1 N–H and O–H groups in total. The van der Waals surface area contributed by atoms with Crippen LogP contribution in [0.25, 0.3) is 10.9 Å². The molecule has 1 aromatic heterocycles. The molecule has 0 saturated carbocycles. The zero-order valence-electron chi connectivity index (χ0n) is 12.6. The minimum absolute atomic E-state index is 0.0263. The maximum atomic E-state index is 13.0. The molecular formula is C16H20N2O3S. The number of pyridine rings is 1. The molecule has 2 aromatic rings. The van der Waals surface area contributed by atoms with Gasteiger partial charge in [0.1, 0.15) is 0 Å². The fourth-order valence-electron chi connectivity index (χ4n) is 3.05. The lowest BCUT2D eigenvalue weighted by atomic mass is 10.0. The third-order valence-electron chi connectivity index (χ3n) is 4.29. The second-order valence-electron chi connectivity index (χ2n) is 5.83. The van der Waals surface area contributed by atoms with Crippen LogP contribution >= 0.6 is 0 Å². The van der Waals surface area contributed by atoms with E-state index in [2.05, 4.69) is 4.98 Å². The number of hydrogen-bond donors (Lipinski definition) is 1. The van der Waals surface area contributed by atoms with Crippen molar-refractivity contribution in [3.63, 3.8) is 0 Å². The highest BCUT2D eigenvalue weighted by Crippen LogP contribution is 2.29. The molecule has 0 aliphatic carbocycles. The molecule has 1 aliphatic rings. The van der Waals surface area contributed by atoms with E-state index in [-0.39, 0.29) is 12.5 Å². The first kappa shape index (κ1) is 15.4. The summed E-state index contributed by atoms with van der Waals surface area (Å²) in [5.74, 6) is 0.0263. The number of piperidine rings is 1. The van der Waals surface area contributed by atoms with Crippen LogP contribution in [0.2, 0.25) is 0 Å². The van der Waals surface area contributed by atoms with E-state index in [9.17, 15) is 13.5 Å². The molecule has 1 unspecified atom stereocenters. The van der Waals surface area contributed by atoms with Gasteiger partial charge in [0.2, 0.25) is 10.0 Å². The van der Waals surface area contributed by atoms with E-state index in [1.165, 1.54) is 4.31 Å². The quantitative estimate of drug-likeness (QED) is 0.938. The Bertz CT molecular complexity index is 789. The molecular weight excluding hydrogens is 300 g/mol. The molecule has 0 radical (unpaired) electrons. The molecule has 5 nitrogen and oxygen atoms in total. The van der Waals surface area contributed by atoms with Crippen molar-refractivity contribution in [1.29, 1.82) is 0 Å². The van der Waals surface area contributed by atoms with Crippen LogP contribution < -0.4 is 0 Å². The molecule has 118 valence electrons. The van der Waals surface area contributed by atoms with Crippen LogP contribution in [0.15, 0.2) is 35.4 Å². The van der Waals surface area contributed by atoms with Gasteiger partial charge < -0.3 is 5.11 Å². The predicted molar refractivity (Wildman–Crippen MR) is 85.0 cm³/mol. The van der Waals surface area contributed by atoms with Crippen LogP contribution in [0.3, 0.4) is 0 Å². The highest BCUT2D eigenvalue weighted by atomic mass is 32.2. The fourth-order valence-corrected chi connectivity index (χ4v) is 4.78. The molecule has 6 heteroatoms. The van der Waals surface area contributed by atoms with E-state index in [0.717, 1.165) is 23.9 Å². The van der Waals surface area contributed by atoms with E-state index >= 15 is 0 Å². The Morgan fingerprint density at radius 1 is 1.36 bits per heavy atom. The Labute approximate surface area is 130 Å². The number of aromatic nitrogens is 1. The van der Waals surface area contributed by atoms with Crippen molar-refractivity contribution in [3.8, 4) is 0 Å². The zero-order valence-corrected chi connectivity index (χ0v) is 13.4. The van der Waals surface area contributed by atoms with Crippen molar-refractivity contribution in [2.45, 2.75) is 24.7 Å². The van der Waals surface area contributed by atoms with Crippen molar-refractivity contribution < 1.29 is 13.5 Å². The van der Waals surface area contributed by atoms with Gasteiger partial charge in [-0.15, -0.1) is 0 Å². The van der Waals surface area contributed by atoms with Crippen molar-refractivity contribution >= 4 is 20.9 Å². The largest absolute Gasteiger partial charge is 0.396 e. The third kappa shape index (κ3) is 2.62. The van der Waals surface area contributed by atoms with Crippen LogP contribution in [0.5, 0.6) is 0 Å². The summed E-state index contributed by atoms with van der Waals surface area (Å²) in [4.78, 5) is 4.61. The topological polar surface area (TPSA) is 70.5 Å².